The van der Waals surface area contributed by atoms with Gasteiger partial charge in [0, 0.05) is 28.6 Å². The highest BCUT2D eigenvalue weighted by molar-refractivity contribution is 9.10. The number of aryl methyl sites for hydroxylation is 1. The van der Waals surface area contributed by atoms with Crippen molar-refractivity contribution in [1.82, 2.24) is 5.32 Å². The van der Waals surface area contributed by atoms with Crippen LogP contribution >= 0.6 is 27.5 Å². The molecule has 0 aromatic heterocycles. The topological polar surface area (TPSA) is 15.3 Å². The fourth-order valence-corrected chi connectivity index (χ4v) is 3.42. The molecule has 2 nitrogen and oxygen atoms in total. The van der Waals surface area contributed by atoms with E-state index in [1.807, 2.05) is 6.92 Å². The van der Waals surface area contributed by atoms with E-state index in [4.69, 9.17) is 11.6 Å². The lowest BCUT2D eigenvalue weighted by molar-refractivity contribution is 0.416. The molecular formula is C15H22BrClN2. The lowest BCUT2D eigenvalue weighted by Crippen LogP contribution is -2.42. The molecular weight excluding hydrogens is 324 g/mol. The molecule has 1 heterocycles. The molecule has 0 spiro atoms. The van der Waals surface area contributed by atoms with Gasteiger partial charge in [-0.25, -0.2) is 0 Å². The summed E-state index contributed by atoms with van der Waals surface area (Å²) < 4.78 is 1.15. The number of nitrogens with one attached hydrogen (secondary N) is 1. The maximum atomic E-state index is 6.24. The molecule has 1 aromatic carbocycles. The Hall–Kier alpha value is -0.250. The van der Waals surface area contributed by atoms with Crippen LogP contribution in [-0.4, -0.2) is 25.7 Å². The molecule has 0 atom stereocenters. The van der Waals surface area contributed by atoms with Crippen LogP contribution in [0.1, 0.15) is 31.7 Å². The predicted molar refractivity (Wildman–Crippen MR) is 87.4 cm³/mol. The van der Waals surface area contributed by atoms with Crippen molar-refractivity contribution >= 4 is 33.2 Å². The maximum absolute atomic E-state index is 6.24. The van der Waals surface area contributed by atoms with Gasteiger partial charge in [-0.3, -0.25) is 0 Å². The second-order valence-electron chi connectivity index (χ2n) is 5.27. The summed E-state index contributed by atoms with van der Waals surface area (Å²) in [5.41, 5.74) is 2.35. The molecule has 0 radical (unpaired) electrons. The van der Waals surface area contributed by atoms with Gasteiger partial charge in [0.05, 0.1) is 5.69 Å². The Balaban J connectivity index is 1.99. The largest absolute Gasteiger partial charge is 0.370 e. The Morgan fingerprint density at radius 2 is 2.05 bits per heavy atom. The van der Waals surface area contributed by atoms with Crippen LogP contribution < -0.4 is 10.2 Å². The number of piperidine rings is 1. The van der Waals surface area contributed by atoms with E-state index in [-0.39, 0.29) is 0 Å². The van der Waals surface area contributed by atoms with E-state index in [0.29, 0.717) is 6.04 Å². The fourth-order valence-electron chi connectivity index (χ4n) is 2.55. The summed E-state index contributed by atoms with van der Waals surface area (Å²) in [7, 11) is 0. The minimum absolute atomic E-state index is 0.677. The van der Waals surface area contributed by atoms with Gasteiger partial charge in [0.25, 0.3) is 0 Å². The van der Waals surface area contributed by atoms with E-state index in [1.54, 1.807) is 0 Å². The first-order valence-electron chi connectivity index (χ1n) is 7.05. The van der Waals surface area contributed by atoms with Crippen molar-refractivity contribution in [3.63, 3.8) is 0 Å². The Kier molecular flexibility index (Phi) is 5.55. The third-order valence-corrected chi connectivity index (χ3v) is 4.79. The Bertz CT molecular complexity index is 428. The van der Waals surface area contributed by atoms with Gasteiger partial charge in [-0.15, -0.1) is 0 Å². The van der Waals surface area contributed by atoms with Crippen LogP contribution in [0.25, 0.3) is 0 Å². The summed E-state index contributed by atoms with van der Waals surface area (Å²) >= 11 is 9.90. The summed E-state index contributed by atoms with van der Waals surface area (Å²) in [5, 5.41) is 4.47. The second kappa shape index (κ2) is 6.96. The average molecular weight is 346 g/mol. The minimum Gasteiger partial charge on any atom is -0.370 e. The van der Waals surface area contributed by atoms with Gasteiger partial charge in [0.2, 0.25) is 0 Å². The van der Waals surface area contributed by atoms with Crippen LogP contribution in [0.3, 0.4) is 0 Å². The molecule has 19 heavy (non-hydrogen) atoms. The Morgan fingerprint density at radius 3 is 2.68 bits per heavy atom. The molecule has 0 bridgehead atoms. The molecule has 1 N–H and O–H groups in total. The van der Waals surface area contributed by atoms with Crippen LogP contribution in [0.5, 0.6) is 0 Å². The number of rotatable bonds is 4. The molecule has 0 unspecified atom stereocenters. The van der Waals surface area contributed by atoms with Crippen LogP contribution in [0.15, 0.2) is 16.6 Å². The zero-order valence-electron chi connectivity index (χ0n) is 11.7. The first kappa shape index (κ1) is 15.1. The van der Waals surface area contributed by atoms with Gasteiger partial charge in [-0.05, 0) is 66.4 Å². The number of nitrogens with zero attached hydrogens (tertiary/aromatic N) is 1. The zero-order chi connectivity index (χ0) is 13.8. The van der Waals surface area contributed by atoms with Crippen LogP contribution in [-0.2, 0) is 0 Å². The smallest absolute Gasteiger partial charge is 0.0525 e. The van der Waals surface area contributed by atoms with Gasteiger partial charge in [0.1, 0.15) is 0 Å². The number of hydrogen-bond donors (Lipinski definition) is 1. The van der Waals surface area contributed by atoms with E-state index in [2.05, 4.69) is 45.2 Å². The average Bonchev–Trinajstić information content (AvgIpc) is 2.41. The van der Waals surface area contributed by atoms with Crippen LogP contribution in [0.4, 0.5) is 5.69 Å². The molecule has 1 aliphatic heterocycles. The van der Waals surface area contributed by atoms with Gasteiger partial charge >= 0.3 is 0 Å². The normalized spacial score (nSPS) is 16.9. The quantitative estimate of drug-likeness (QED) is 0.871. The zero-order valence-corrected chi connectivity index (χ0v) is 14.0. The van der Waals surface area contributed by atoms with Crippen LogP contribution in [0.2, 0.25) is 5.02 Å². The highest BCUT2D eigenvalue weighted by atomic mass is 79.9. The number of hydrogen-bond acceptors (Lipinski definition) is 2. The fraction of sp³-hybridized carbons (Fsp3) is 0.600. The summed E-state index contributed by atoms with van der Waals surface area (Å²) in [6.07, 6.45) is 3.62. The summed E-state index contributed by atoms with van der Waals surface area (Å²) in [5.74, 6) is 0. The van der Waals surface area contributed by atoms with Gasteiger partial charge in [-0.1, -0.05) is 18.5 Å². The molecule has 0 aliphatic carbocycles. The molecule has 106 valence electrons. The Morgan fingerprint density at radius 1 is 1.37 bits per heavy atom. The highest BCUT2D eigenvalue weighted by Crippen LogP contribution is 2.33. The molecule has 2 rings (SSSR count). The van der Waals surface area contributed by atoms with Crippen molar-refractivity contribution < 1.29 is 0 Å². The SMILES string of the molecule is CCCNC1CCN(c2cc(Cl)c(C)cc2Br)CC1. The highest BCUT2D eigenvalue weighted by Gasteiger charge is 2.20. The van der Waals surface area contributed by atoms with Crippen LogP contribution in [0, 0.1) is 6.92 Å². The van der Waals surface area contributed by atoms with Gasteiger partial charge in [0.15, 0.2) is 0 Å². The van der Waals surface area contributed by atoms with Gasteiger partial charge < -0.3 is 10.2 Å². The monoisotopic (exact) mass is 344 g/mol. The first-order chi connectivity index (χ1) is 9.11. The van der Waals surface area contributed by atoms with Crippen molar-refractivity contribution in [2.24, 2.45) is 0 Å². The van der Waals surface area contributed by atoms with E-state index >= 15 is 0 Å². The van der Waals surface area contributed by atoms with Crippen molar-refractivity contribution in [1.29, 1.82) is 0 Å². The molecule has 1 fully saturated rings. The first-order valence-corrected chi connectivity index (χ1v) is 8.23. The minimum atomic E-state index is 0.677. The van der Waals surface area contributed by atoms with Crippen molar-refractivity contribution in [2.75, 3.05) is 24.5 Å². The van der Waals surface area contributed by atoms with E-state index < -0.39 is 0 Å². The lowest BCUT2D eigenvalue weighted by Gasteiger charge is -2.34. The third-order valence-electron chi connectivity index (χ3n) is 3.75. The molecule has 0 amide bonds. The van der Waals surface area contributed by atoms with E-state index in [0.717, 1.165) is 34.7 Å². The molecule has 1 aromatic rings. The van der Waals surface area contributed by atoms with Crippen molar-refractivity contribution in [2.45, 2.75) is 39.2 Å². The van der Waals surface area contributed by atoms with Crippen molar-refractivity contribution in [3.05, 3.63) is 27.2 Å². The van der Waals surface area contributed by atoms with E-state index in [1.165, 1.54) is 24.9 Å². The maximum Gasteiger partial charge on any atom is 0.0525 e. The Labute approximate surface area is 129 Å². The second-order valence-corrected chi connectivity index (χ2v) is 6.53. The summed E-state index contributed by atoms with van der Waals surface area (Å²) in [4.78, 5) is 2.43. The number of anilines is 1. The standard InChI is InChI=1S/C15H22BrClN2/c1-3-6-18-12-4-7-19(8-5-12)15-10-14(17)11(2)9-13(15)16/h9-10,12,18H,3-8H2,1-2H3. The number of halogens is 2. The van der Waals surface area contributed by atoms with Crippen molar-refractivity contribution in [3.8, 4) is 0 Å². The number of benzene rings is 1. The third kappa shape index (κ3) is 3.87. The molecule has 4 heteroatoms. The summed E-state index contributed by atoms with van der Waals surface area (Å²) in [6.45, 7) is 7.58. The molecule has 0 saturated carbocycles. The lowest BCUT2D eigenvalue weighted by atomic mass is 10.0. The van der Waals surface area contributed by atoms with E-state index in [9.17, 15) is 0 Å². The van der Waals surface area contributed by atoms with Gasteiger partial charge in [-0.2, -0.15) is 0 Å². The molecule has 1 aliphatic rings. The molecule has 1 saturated heterocycles. The summed E-state index contributed by atoms with van der Waals surface area (Å²) in [6, 6.07) is 4.87. The predicted octanol–water partition coefficient (Wildman–Crippen LogP) is 4.38.